The minimum atomic E-state index is 0.495. The van der Waals surface area contributed by atoms with Crippen LogP contribution in [0.15, 0.2) is 22.7 Å². The van der Waals surface area contributed by atoms with Gasteiger partial charge in [0.15, 0.2) is 0 Å². The van der Waals surface area contributed by atoms with Gasteiger partial charge in [0.05, 0.1) is 11.6 Å². The summed E-state index contributed by atoms with van der Waals surface area (Å²) < 4.78 is 6.17. The first-order valence-electron chi connectivity index (χ1n) is 4.58. The van der Waals surface area contributed by atoms with E-state index < -0.39 is 0 Å². The van der Waals surface area contributed by atoms with Gasteiger partial charge in [-0.25, -0.2) is 0 Å². The molecule has 0 amide bonds. The SMILES string of the molecule is COc1ccc(C(C)CCCl)cc1Br. The number of benzene rings is 1. The normalized spacial score (nSPS) is 12.6. The van der Waals surface area contributed by atoms with Crippen LogP contribution in [0, 0.1) is 0 Å². The van der Waals surface area contributed by atoms with E-state index in [1.165, 1.54) is 5.56 Å². The molecule has 0 radical (unpaired) electrons. The van der Waals surface area contributed by atoms with E-state index in [9.17, 15) is 0 Å². The molecule has 3 heteroatoms. The average Bonchev–Trinajstić information content (AvgIpc) is 2.18. The van der Waals surface area contributed by atoms with Crippen molar-refractivity contribution in [2.24, 2.45) is 0 Å². The summed E-state index contributed by atoms with van der Waals surface area (Å²) in [4.78, 5) is 0. The van der Waals surface area contributed by atoms with Crippen LogP contribution in [0.5, 0.6) is 5.75 Å². The number of halogens is 2. The summed E-state index contributed by atoms with van der Waals surface area (Å²) in [6.07, 6.45) is 1.00. The molecule has 78 valence electrons. The number of hydrogen-bond acceptors (Lipinski definition) is 1. The van der Waals surface area contributed by atoms with Gasteiger partial charge in [0.1, 0.15) is 5.75 Å². The van der Waals surface area contributed by atoms with Crippen molar-refractivity contribution in [1.82, 2.24) is 0 Å². The Bertz CT molecular complexity index is 301. The van der Waals surface area contributed by atoms with Crippen LogP contribution < -0.4 is 4.74 Å². The Morgan fingerprint density at radius 1 is 1.50 bits per heavy atom. The van der Waals surface area contributed by atoms with Crippen LogP contribution in [0.2, 0.25) is 0 Å². The van der Waals surface area contributed by atoms with Gasteiger partial charge in [-0.15, -0.1) is 11.6 Å². The van der Waals surface area contributed by atoms with Gasteiger partial charge in [-0.2, -0.15) is 0 Å². The third kappa shape index (κ3) is 2.89. The van der Waals surface area contributed by atoms with Crippen LogP contribution in [0.3, 0.4) is 0 Å². The van der Waals surface area contributed by atoms with Crippen molar-refractivity contribution in [3.05, 3.63) is 28.2 Å². The molecule has 1 rings (SSSR count). The zero-order chi connectivity index (χ0) is 10.6. The second-order valence-corrected chi connectivity index (χ2v) is 4.50. The molecule has 1 unspecified atom stereocenters. The van der Waals surface area contributed by atoms with Crippen molar-refractivity contribution in [3.8, 4) is 5.75 Å². The summed E-state index contributed by atoms with van der Waals surface area (Å²) in [7, 11) is 1.67. The fourth-order valence-corrected chi connectivity index (χ4v) is 2.21. The second kappa shape index (κ2) is 5.62. The first kappa shape index (κ1) is 11.9. The largest absolute Gasteiger partial charge is 0.496 e. The van der Waals surface area contributed by atoms with E-state index in [4.69, 9.17) is 16.3 Å². The molecule has 1 nitrogen and oxygen atoms in total. The Morgan fingerprint density at radius 2 is 2.21 bits per heavy atom. The summed E-state index contributed by atoms with van der Waals surface area (Å²) in [6.45, 7) is 2.18. The molecule has 0 bridgehead atoms. The molecule has 0 aliphatic carbocycles. The van der Waals surface area contributed by atoms with Crippen molar-refractivity contribution in [2.45, 2.75) is 19.3 Å². The highest BCUT2D eigenvalue weighted by molar-refractivity contribution is 9.10. The van der Waals surface area contributed by atoms with Gasteiger partial charge < -0.3 is 4.74 Å². The minimum Gasteiger partial charge on any atom is -0.496 e. The second-order valence-electron chi connectivity index (χ2n) is 3.27. The van der Waals surface area contributed by atoms with Gasteiger partial charge in [-0.05, 0) is 46.0 Å². The van der Waals surface area contributed by atoms with Gasteiger partial charge >= 0.3 is 0 Å². The molecule has 0 saturated carbocycles. The van der Waals surface area contributed by atoms with E-state index in [2.05, 4.69) is 35.0 Å². The zero-order valence-electron chi connectivity index (χ0n) is 8.39. The number of alkyl halides is 1. The van der Waals surface area contributed by atoms with Gasteiger partial charge in [-0.3, -0.25) is 0 Å². The van der Waals surface area contributed by atoms with Crippen molar-refractivity contribution in [1.29, 1.82) is 0 Å². The van der Waals surface area contributed by atoms with E-state index in [0.717, 1.165) is 16.6 Å². The lowest BCUT2D eigenvalue weighted by Gasteiger charge is -2.11. The fraction of sp³-hybridized carbons (Fsp3) is 0.455. The smallest absolute Gasteiger partial charge is 0.133 e. The number of hydrogen-bond donors (Lipinski definition) is 0. The van der Waals surface area contributed by atoms with Gasteiger partial charge in [-0.1, -0.05) is 13.0 Å². The predicted octanol–water partition coefficient (Wildman–Crippen LogP) is 4.19. The standard InChI is InChI=1S/C11H14BrClO/c1-8(5-6-13)9-3-4-11(14-2)10(12)7-9/h3-4,7-8H,5-6H2,1-2H3. The van der Waals surface area contributed by atoms with Crippen molar-refractivity contribution in [3.63, 3.8) is 0 Å². The summed E-state index contributed by atoms with van der Waals surface area (Å²) in [6, 6.07) is 6.15. The Labute approximate surface area is 98.5 Å². The van der Waals surface area contributed by atoms with Crippen LogP contribution in [-0.2, 0) is 0 Å². The molecule has 1 atom stereocenters. The summed E-state index contributed by atoms with van der Waals surface area (Å²) in [5.74, 6) is 2.06. The molecular weight excluding hydrogens is 263 g/mol. The van der Waals surface area contributed by atoms with E-state index in [0.29, 0.717) is 11.8 Å². The Kier molecular flexibility index (Phi) is 4.76. The highest BCUT2D eigenvalue weighted by atomic mass is 79.9. The quantitative estimate of drug-likeness (QED) is 0.750. The maximum Gasteiger partial charge on any atom is 0.133 e. The number of rotatable bonds is 4. The fourth-order valence-electron chi connectivity index (χ4n) is 1.32. The average molecular weight is 278 g/mol. The molecule has 14 heavy (non-hydrogen) atoms. The minimum absolute atomic E-state index is 0.495. The molecule has 0 heterocycles. The van der Waals surface area contributed by atoms with Crippen molar-refractivity contribution < 1.29 is 4.74 Å². The molecule has 0 N–H and O–H groups in total. The van der Waals surface area contributed by atoms with Crippen LogP contribution in [0.4, 0.5) is 0 Å². The lowest BCUT2D eigenvalue weighted by molar-refractivity contribution is 0.412. The Hall–Kier alpha value is -0.210. The third-order valence-corrected chi connectivity index (χ3v) is 3.12. The van der Waals surface area contributed by atoms with Gasteiger partial charge in [0, 0.05) is 5.88 Å². The monoisotopic (exact) mass is 276 g/mol. The number of ether oxygens (including phenoxy) is 1. The van der Waals surface area contributed by atoms with Crippen molar-refractivity contribution >= 4 is 27.5 Å². The molecule has 1 aromatic carbocycles. The molecule has 1 aromatic rings. The molecule has 0 fully saturated rings. The molecule has 0 saturated heterocycles. The van der Waals surface area contributed by atoms with Crippen molar-refractivity contribution in [2.75, 3.05) is 13.0 Å². The van der Waals surface area contributed by atoms with Crippen LogP contribution in [0.1, 0.15) is 24.8 Å². The van der Waals surface area contributed by atoms with Crippen LogP contribution >= 0.6 is 27.5 Å². The molecule has 0 aromatic heterocycles. The summed E-state index contributed by atoms with van der Waals surface area (Å²) in [5.41, 5.74) is 1.29. The maximum absolute atomic E-state index is 5.71. The molecular formula is C11H14BrClO. The topological polar surface area (TPSA) is 9.23 Å². The van der Waals surface area contributed by atoms with E-state index in [1.54, 1.807) is 7.11 Å². The van der Waals surface area contributed by atoms with E-state index in [-0.39, 0.29) is 0 Å². The molecule has 0 aliphatic rings. The Balaban J connectivity index is 2.85. The Morgan fingerprint density at radius 3 is 2.71 bits per heavy atom. The molecule has 0 spiro atoms. The van der Waals surface area contributed by atoms with Gasteiger partial charge in [0.25, 0.3) is 0 Å². The third-order valence-electron chi connectivity index (χ3n) is 2.29. The molecule has 0 aliphatic heterocycles. The predicted molar refractivity (Wildman–Crippen MR) is 64.4 cm³/mol. The lowest BCUT2D eigenvalue weighted by atomic mass is 9.99. The number of methoxy groups -OCH3 is 1. The summed E-state index contributed by atoms with van der Waals surface area (Å²) >= 11 is 9.18. The highest BCUT2D eigenvalue weighted by Gasteiger charge is 2.07. The lowest BCUT2D eigenvalue weighted by Crippen LogP contribution is -1.95. The van der Waals surface area contributed by atoms with E-state index >= 15 is 0 Å². The van der Waals surface area contributed by atoms with Crippen LogP contribution in [0.25, 0.3) is 0 Å². The highest BCUT2D eigenvalue weighted by Crippen LogP contribution is 2.29. The maximum atomic E-state index is 5.71. The first-order chi connectivity index (χ1) is 6.69. The first-order valence-corrected chi connectivity index (χ1v) is 5.91. The summed E-state index contributed by atoms with van der Waals surface area (Å²) in [5, 5.41) is 0. The van der Waals surface area contributed by atoms with Crippen LogP contribution in [-0.4, -0.2) is 13.0 Å². The zero-order valence-corrected chi connectivity index (χ0v) is 10.7. The van der Waals surface area contributed by atoms with E-state index in [1.807, 2.05) is 6.07 Å². The van der Waals surface area contributed by atoms with Gasteiger partial charge in [0.2, 0.25) is 0 Å².